The van der Waals surface area contributed by atoms with Crippen LogP contribution in [0, 0.1) is 0 Å². The summed E-state index contributed by atoms with van der Waals surface area (Å²) in [6.45, 7) is 4.42. The van der Waals surface area contributed by atoms with Gasteiger partial charge in [0.25, 0.3) is 0 Å². The molecule has 2 aliphatic heterocycles. The van der Waals surface area contributed by atoms with Crippen LogP contribution in [0.25, 0.3) is 0 Å². The summed E-state index contributed by atoms with van der Waals surface area (Å²) in [7, 11) is 1.77. The molecule has 0 radical (unpaired) electrons. The summed E-state index contributed by atoms with van der Waals surface area (Å²) >= 11 is 0. The van der Waals surface area contributed by atoms with Gasteiger partial charge in [-0.1, -0.05) is 0 Å². The Hall–Kier alpha value is -2.16. The quantitative estimate of drug-likeness (QED) is 0.709. The molecule has 1 aromatic heterocycles. The van der Waals surface area contributed by atoms with Crippen LogP contribution in [0.5, 0.6) is 0 Å². The topological polar surface area (TPSA) is 95.5 Å². The van der Waals surface area contributed by atoms with Crippen LogP contribution in [-0.4, -0.2) is 73.8 Å². The SMILES string of the molecule is CNc1nc(N2CCOCC2)nc(N2CCNC(=O)C2)n1. The molecule has 2 N–H and O–H groups in total. The summed E-state index contributed by atoms with van der Waals surface area (Å²) in [4.78, 5) is 28.7. The van der Waals surface area contributed by atoms with Gasteiger partial charge in [0.15, 0.2) is 0 Å². The van der Waals surface area contributed by atoms with Gasteiger partial charge in [0.05, 0.1) is 19.8 Å². The van der Waals surface area contributed by atoms with Gasteiger partial charge in [-0.25, -0.2) is 0 Å². The second-order valence-electron chi connectivity index (χ2n) is 4.88. The minimum atomic E-state index is -0.0133. The Morgan fingerprint density at radius 1 is 1.10 bits per heavy atom. The molecule has 2 saturated heterocycles. The Morgan fingerprint density at radius 3 is 2.48 bits per heavy atom. The van der Waals surface area contributed by atoms with Gasteiger partial charge in [0.2, 0.25) is 23.8 Å². The smallest absolute Gasteiger partial charge is 0.239 e. The molecule has 2 fully saturated rings. The number of nitrogens with zero attached hydrogens (tertiary/aromatic N) is 5. The van der Waals surface area contributed by atoms with Gasteiger partial charge in [-0.2, -0.15) is 15.0 Å². The first-order valence-corrected chi connectivity index (χ1v) is 7.04. The maximum Gasteiger partial charge on any atom is 0.239 e. The summed E-state index contributed by atoms with van der Waals surface area (Å²) in [6.07, 6.45) is 0. The zero-order valence-electron chi connectivity index (χ0n) is 12.0. The highest BCUT2D eigenvalue weighted by Gasteiger charge is 2.22. The third-order valence-corrected chi connectivity index (χ3v) is 3.45. The lowest BCUT2D eigenvalue weighted by atomic mass is 10.4. The standard InChI is InChI=1S/C12H19N7O2/c1-13-10-15-11(18-4-6-21-7-5-18)17-12(16-10)19-3-2-14-9(20)8-19/h2-8H2,1H3,(H,14,20)(H,13,15,16,17). The van der Waals surface area contributed by atoms with E-state index in [1.165, 1.54) is 0 Å². The van der Waals surface area contributed by atoms with Crippen molar-refractivity contribution in [2.75, 3.05) is 68.1 Å². The van der Waals surface area contributed by atoms with Gasteiger partial charge >= 0.3 is 0 Å². The van der Waals surface area contributed by atoms with Crippen molar-refractivity contribution in [3.05, 3.63) is 0 Å². The fraction of sp³-hybridized carbons (Fsp3) is 0.667. The van der Waals surface area contributed by atoms with E-state index in [1.807, 2.05) is 4.90 Å². The van der Waals surface area contributed by atoms with E-state index in [1.54, 1.807) is 7.05 Å². The minimum absolute atomic E-state index is 0.0133. The van der Waals surface area contributed by atoms with Gasteiger partial charge in [0.1, 0.15) is 0 Å². The second kappa shape index (κ2) is 6.08. The number of piperazine rings is 1. The number of morpholine rings is 1. The molecule has 2 aliphatic rings. The van der Waals surface area contributed by atoms with Gasteiger partial charge in [0, 0.05) is 33.2 Å². The van der Waals surface area contributed by atoms with Crippen LogP contribution in [0.2, 0.25) is 0 Å². The molecule has 0 aliphatic carbocycles. The Kier molecular flexibility index (Phi) is 4.00. The van der Waals surface area contributed by atoms with Gasteiger partial charge in [-0.3, -0.25) is 4.79 Å². The molecule has 0 aromatic carbocycles. The summed E-state index contributed by atoms with van der Waals surface area (Å²) in [6, 6.07) is 0. The molecule has 3 heterocycles. The summed E-state index contributed by atoms with van der Waals surface area (Å²) in [5.74, 6) is 1.65. The van der Waals surface area contributed by atoms with Crippen LogP contribution >= 0.6 is 0 Å². The molecule has 0 saturated carbocycles. The fourth-order valence-electron chi connectivity index (χ4n) is 2.32. The average molecular weight is 293 g/mol. The highest BCUT2D eigenvalue weighted by Crippen LogP contribution is 2.17. The number of ether oxygens (including phenoxy) is 1. The van der Waals surface area contributed by atoms with Crippen molar-refractivity contribution in [1.29, 1.82) is 0 Å². The third kappa shape index (κ3) is 3.13. The van der Waals surface area contributed by atoms with E-state index in [0.717, 1.165) is 13.1 Å². The van der Waals surface area contributed by atoms with E-state index >= 15 is 0 Å². The van der Waals surface area contributed by atoms with Crippen molar-refractivity contribution in [2.24, 2.45) is 0 Å². The van der Waals surface area contributed by atoms with Crippen molar-refractivity contribution in [3.63, 3.8) is 0 Å². The van der Waals surface area contributed by atoms with Crippen LogP contribution in [0.15, 0.2) is 0 Å². The van der Waals surface area contributed by atoms with Crippen LogP contribution in [0.3, 0.4) is 0 Å². The Morgan fingerprint density at radius 2 is 1.81 bits per heavy atom. The first kappa shape index (κ1) is 13.8. The molecule has 1 amide bonds. The molecular weight excluding hydrogens is 274 g/mol. The molecule has 9 nitrogen and oxygen atoms in total. The monoisotopic (exact) mass is 293 g/mol. The number of carbonyl (C=O) groups is 1. The van der Waals surface area contributed by atoms with Crippen LogP contribution in [0.4, 0.5) is 17.8 Å². The van der Waals surface area contributed by atoms with E-state index in [0.29, 0.717) is 44.1 Å². The number of anilines is 3. The number of hydrogen-bond donors (Lipinski definition) is 2. The average Bonchev–Trinajstić information content (AvgIpc) is 2.55. The Labute approximate surface area is 122 Å². The molecule has 1 aromatic rings. The lowest BCUT2D eigenvalue weighted by molar-refractivity contribution is -0.120. The molecule has 114 valence electrons. The van der Waals surface area contributed by atoms with Crippen molar-refractivity contribution < 1.29 is 9.53 Å². The lowest BCUT2D eigenvalue weighted by Gasteiger charge is -2.30. The molecule has 21 heavy (non-hydrogen) atoms. The molecule has 9 heteroatoms. The molecule has 0 bridgehead atoms. The third-order valence-electron chi connectivity index (χ3n) is 3.45. The highest BCUT2D eigenvalue weighted by atomic mass is 16.5. The summed E-state index contributed by atoms with van der Waals surface area (Å²) in [5, 5.41) is 5.74. The Bertz CT molecular complexity index is 518. The number of carbonyl (C=O) groups excluding carboxylic acids is 1. The molecule has 0 unspecified atom stereocenters. The van der Waals surface area contributed by atoms with E-state index in [2.05, 4.69) is 30.5 Å². The molecule has 0 atom stereocenters. The molecule has 0 spiro atoms. The first-order valence-electron chi connectivity index (χ1n) is 7.04. The summed E-state index contributed by atoms with van der Waals surface area (Å²) in [5.41, 5.74) is 0. The van der Waals surface area contributed by atoms with Gasteiger partial charge in [-0.15, -0.1) is 0 Å². The zero-order chi connectivity index (χ0) is 14.7. The number of aromatic nitrogens is 3. The van der Waals surface area contributed by atoms with Crippen LogP contribution in [-0.2, 0) is 9.53 Å². The Balaban J connectivity index is 1.87. The van der Waals surface area contributed by atoms with Gasteiger partial charge in [-0.05, 0) is 0 Å². The summed E-state index contributed by atoms with van der Waals surface area (Å²) < 4.78 is 5.35. The minimum Gasteiger partial charge on any atom is -0.378 e. The van der Waals surface area contributed by atoms with Crippen molar-refractivity contribution in [3.8, 4) is 0 Å². The van der Waals surface area contributed by atoms with Crippen molar-refractivity contribution in [2.45, 2.75) is 0 Å². The van der Waals surface area contributed by atoms with Crippen molar-refractivity contribution >= 4 is 23.8 Å². The normalized spacial score (nSPS) is 19.4. The van der Waals surface area contributed by atoms with Crippen LogP contribution in [0.1, 0.15) is 0 Å². The number of rotatable bonds is 3. The van der Waals surface area contributed by atoms with Crippen LogP contribution < -0.4 is 20.4 Å². The van der Waals surface area contributed by atoms with E-state index < -0.39 is 0 Å². The first-order chi connectivity index (χ1) is 10.3. The highest BCUT2D eigenvalue weighted by molar-refractivity contribution is 5.82. The van der Waals surface area contributed by atoms with Crippen molar-refractivity contribution in [1.82, 2.24) is 20.3 Å². The van der Waals surface area contributed by atoms with E-state index in [-0.39, 0.29) is 12.5 Å². The number of nitrogens with one attached hydrogen (secondary N) is 2. The maximum atomic E-state index is 11.5. The molecule has 3 rings (SSSR count). The zero-order valence-corrected chi connectivity index (χ0v) is 12.0. The largest absolute Gasteiger partial charge is 0.378 e. The predicted molar refractivity (Wildman–Crippen MR) is 77.6 cm³/mol. The van der Waals surface area contributed by atoms with Gasteiger partial charge < -0.3 is 25.2 Å². The van der Waals surface area contributed by atoms with E-state index in [4.69, 9.17) is 4.74 Å². The number of amides is 1. The lowest BCUT2D eigenvalue weighted by Crippen LogP contribution is -2.48. The molecular formula is C12H19N7O2. The predicted octanol–water partition coefficient (Wildman–Crippen LogP) is -1.31. The maximum absolute atomic E-state index is 11.5. The second-order valence-corrected chi connectivity index (χ2v) is 4.88. The fourth-order valence-corrected chi connectivity index (χ4v) is 2.32. The number of hydrogen-bond acceptors (Lipinski definition) is 8. The van der Waals surface area contributed by atoms with E-state index in [9.17, 15) is 4.79 Å².